The van der Waals surface area contributed by atoms with Crippen molar-refractivity contribution in [3.8, 4) is 5.75 Å². The van der Waals surface area contributed by atoms with Crippen molar-refractivity contribution >= 4 is 11.6 Å². The van der Waals surface area contributed by atoms with Crippen molar-refractivity contribution in [1.82, 2.24) is 0 Å². The molecule has 2 N–H and O–H groups in total. The van der Waals surface area contributed by atoms with E-state index in [1.54, 1.807) is 0 Å². The standard InChI is InChI=1S/C10H12ClNO/c1-6-4-7(11)5-8-9(12)2-3-13-10(6)8/h4-5,9H,2-3,12H2,1H3. The number of ether oxygens (including phenoxy) is 1. The number of hydrogen-bond donors (Lipinski definition) is 1. The van der Waals surface area contributed by atoms with Gasteiger partial charge >= 0.3 is 0 Å². The summed E-state index contributed by atoms with van der Waals surface area (Å²) in [6, 6.07) is 3.87. The second kappa shape index (κ2) is 3.20. The van der Waals surface area contributed by atoms with Gasteiger partial charge in [0.2, 0.25) is 0 Å². The van der Waals surface area contributed by atoms with Crippen molar-refractivity contribution in [2.24, 2.45) is 5.73 Å². The third-order valence-corrected chi connectivity index (χ3v) is 2.56. The molecule has 1 heterocycles. The summed E-state index contributed by atoms with van der Waals surface area (Å²) in [5.41, 5.74) is 8.05. The van der Waals surface area contributed by atoms with Gasteiger partial charge in [0.1, 0.15) is 5.75 Å². The van der Waals surface area contributed by atoms with Crippen LogP contribution in [0.2, 0.25) is 5.02 Å². The van der Waals surface area contributed by atoms with Gasteiger partial charge in [0, 0.05) is 23.0 Å². The third kappa shape index (κ3) is 1.52. The van der Waals surface area contributed by atoms with Crippen LogP contribution in [-0.2, 0) is 0 Å². The first-order valence-corrected chi connectivity index (χ1v) is 4.74. The SMILES string of the molecule is Cc1cc(Cl)cc2c1OCCC2N. The minimum atomic E-state index is 0.0705. The lowest BCUT2D eigenvalue weighted by Gasteiger charge is -2.24. The number of benzene rings is 1. The number of fused-ring (bicyclic) bond motifs is 1. The Morgan fingerprint density at radius 2 is 2.31 bits per heavy atom. The molecular formula is C10H12ClNO. The third-order valence-electron chi connectivity index (χ3n) is 2.34. The first-order valence-electron chi connectivity index (χ1n) is 4.37. The highest BCUT2D eigenvalue weighted by atomic mass is 35.5. The molecule has 2 nitrogen and oxygen atoms in total. The molecular weight excluding hydrogens is 186 g/mol. The predicted molar refractivity (Wildman–Crippen MR) is 53.2 cm³/mol. The van der Waals surface area contributed by atoms with E-state index in [1.165, 1.54) is 0 Å². The smallest absolute Gasteiger partial charge is 0.127 e. The molecule has 0 saturated carbocycles. The van der Waals surface area contributed by atoms with Gasteiger partial charge in [-0.1, -0.05) is 11.6 Å². The Balaban J connectivity index is 2.56. The van der Waals surface area contributed by atoms with Gasteiger partial charge in [-0.15, -0.1) is 0 Å². The summed E-state index contributed by atoms with van der Waals surface area (Å²) in [4.78, 5) is 0. The lowest BCUT2D eigenvalue weighted by Crippen LogP contribution is -2.21. The number of halogens is 1. The van der Waals surface area contributed by atoms with Gasteiger partial charge in [-0.3, -0.25) is 0 Å². The van der Waals surface area contributed by atoms with Crippen LogP contribution in [0, 0.1) is 6.92 Å². The second-order valence-corrected chi connectivity index (χ2v) is 3.82. The molecule has 0 bridgehead atoms. The Bertz CT molecular complexity index is 338. The van der Waals surface area contributed by atoms with E-state index in [1.807, 2.05) is 19.1 Å². The molecule has 70 valence electrons. The van der Waals surface area contributed by atoms with Gasteiger partial charge in [-0.05, 0) is 24.6 Å². The topological polar surface area (TPSA) is 35.2 Å². The second-order valence-electron chi connectivity index (χ2n) is 3.38. The van der Waals surface area contributed by atoms with Gasteiger partial charge in [-0.2, -0.15) is 0 Å². The van der Waals surface area contributed by atoms with Crippen LogP contribution in [-0.4, -0.2) is 6.61 Å². The quantitative estimate of drug-likeness (QED) is 0.694. The molecule has 0 fully saturated rings. The number of hydrogen-bond acceptors (Lipinski definition) is 2. The van der Waals surface area contributed by atoms with Gasteiger partial charge in [-0.25, -0.2) is 0 Å². The molecule has 3 heteroatoms. The summed E-state index contributed by atoms with van der Waals surface area (Å²) in [5.74, 6) is 0.920. The molecule has 0 amide bonds. The van der Waals surface area contributed by atoms with Crippen molar-refractivity contribution in [2.75, 3.05) is 6.61 Å². The predicted octanol–water partition coefficient (Wildman–Crippen LogP) is 2.43. The lowest BCUT2D eigenvalue weighted by atomic mass is 9.99. The van der Waals surface area contributed by atoms with E-state index >= 15 is 0 Å². The molecule has 1 atom stereocenters. The van der Waals surface area contributed by atoms with E-state index in [9.17, 15) is 0 Å². The minimum Gasteiger partial charge on any atom is -0.493 e. The maximum atomic E-state index is 5.95. The largest absolute Gasteiger partial charge is 0.493 e. The summed E-state index contributed by atoms with van der Waals surface area (Å²) in [7, 11) is 0. The van der Waals surface area contributed by atoms with Crippen LogP contribution in [0.4, 0.5) is 0 Å². The molecule has 0 saturated heterocycles. The Labute approximate surface area is 82.6 Å². The Morgan fingerprint density at radius 1 is 1.54 bits per heavy atom. The van der Waals surface area contributed by atoms with Crippen LogP contribution in [0.1, 0.15) is 23.6 Å². The Kier molecular flexibility index (Phi) is 2.18. The number of rotatable bonds is 0. The molecule has 0 spiro atoms. The molecule has 0 aliphatic carbocycles. The van der Waals surface area contributed by atoms with Crippen LogP contribution < -0.4 is 10.5 Å². The summed E-state index contributed by atoms with van der Waals surface area (Å²) in [6.07, 6.45) is 0.868. The maximum absolute atomic E-state index is 5.95. The Hall–Kier alpha value is -0.730. The molecule has 13 heavy (non-hydrogen) atoms. The highest BCUT2D eigenvalue weighted by molar-refractivity contribution is 6.30. The minimum absolute atomic E-state index is 0.0705. The fourth-order valence-corrected chi connectivity index (χ4v) is 1.95. The normalized spacial score (nSPS) is 20.7. The fourth-order valence-electron chi connectivity index (χ4n) is 1.67. The average Bonchev–Trinajstić information content (AvgIpc) is 2.07. The van der Waals surface area contributed by atoms with E-state index in [4.69, 9.17) is 22.1 Å². The van der Waals surface area contributed by atoms with E-state index in [2.05, 4.69) is 0 Å². The van der Waals surface area contributed by atoms with Gasteiger partial charge in [0.05, 0.1) is 6.61 Å². The Morgan fingerprint density at radius 3 is 3.08 bits per heavy atom. The summed E-state index contributed by atoms with van der Waals surface area (Å²) in [6.45, 7) is 2.69. The monoisotopic (exact) mass is 197 g/mol. The van der Waals surface area contributed by atoms with Crippen LogP contribution in [0.15, 0.2) is 12.1 Å². The average molecular weight is 198 g/mol. The molecule has 1 aliphatic heterocycles. The van der Waals surface area contributed by atoms with Crippen LogP contribution in [0.5, 0.6) is 5.75 Å². The highest BCUT2D eigenvalue weighted by Crippen LogP contribution is 2.35. The lowest BCUT2D eigenvalue weighted by molar-refractivity contribution is 0.267. The van der Waals surface area contributed by atoms with Crippen LogP contribution >= 0.6 is 11.6 Å². The first-order chi connectivity index (χ1) is 6.18. The van der Waals surface area contributed by atoms with E-state index in [0.29, 0.717) is 6.61 Å². The van der Waals surface area contributed by atoms with Crippen LogP contribution in [0.25, 0.3) is 0 Å². The summed E-state index contributed by atoms with van der Waals surface area (Å²) >= 11 is 5.94. The molecule has 0 aromatic heterocycles. The molecule has 1 aliphatic rings. The van der Waals surface area contributed by atoms with E-state index < -0.39 is 0 Å². The zero-order valence-electron chi connectivity index (χ0n) is 7.51. The zero-order valence-corrected chi connectivity index (χ0v) is 8.27. The van der Waals surface area contributed by atoms with Crippen molar-refractivity contribution < 1.29 is 4.74 Å². The highest BCUT2D eigenvalue weighted by Gasteiger charge is 2.19. The molecule has 1 aromatic carbocycles. The van der Waals surface area contributed by atoms with E-state index in [-0.39, 0.29) is 6.04 Å². The molecule has 2 rings (SSSR count). The molecule has 1 aromatic rings. The van der Waals surface area contributed by atoms with E-state index in [0.717, 1.165) is 28.3 Å². The summed E-state index contributed by atoms with van der Waals surface area (Å²) < 4.78 is 5.54. The van der Waals surface area contributed by atoms with Crippen molar-refractivity contribution in [2.45, 2.75) is 19.4 Å². The first kappa shape index (κ1) is 8.85. The van der Waals surface area contributed by atoms with Crippen molar-refractivity contribution in [1.29, 1.82) is 0 Å². The fraction of sp³-hybridized carbons (Fsp3) is 0.400. The number of aryl methyl sites for hydroxylation is 1. The van der Waals surface area contributed by atoms with Gasteiger partial charge in [0.15, 0.2) is 0 Å². The molecule has 1 unspecified atom stereocenters. The molecule has 0 radical (unpaired) electrons. The van der Waals surface area contributed by atoms with Crippen molar-refractivity contribution in [3.05, 3.63) is 28.3 Å². The van der Waals surface area contributed by atoms with Crippen LogP contribution in [0.3, 0.4) is 0 Å². The van der Waals surface area contributed by atoms with Crippen molar-refractivity contribution in [3.63, 3.8) is 0 Å². The number of nitrogens with two attached hydrogens (primary N) is 1. The maximum Gasteiger partial charge on any atom is 0.127 e. The van der Waals surface area contributed by atoms with Gasteiger partial charge in [0.25, 0.3) is 0 Å². The summed E-state index contributed by atoms with van der Waals surface area (Å²) in [5, 5.41) is 0.734. The zero-order chi connectivity index (χ0) is 9.42. The van der Waals surface area contributed by atoms with Gasteiger partial charge < -0.3 is 10.5 Å².